The highest BCUT2D eigenvalue weighted by Crippen LogP contribution is 2.37. The van der Waals surface area contributed by atoms with Crippen molar-refractivity contribution in [2.24, 2.45) is 0 Å². The van der Waals surface area contributed by atoms with Crippen LogP contribution in [0, 0.1) is 0 Å². The summed E-state index contributed by atoms with van der Waals surface area (Å²) in [5, 5.41) is 13.8. The van der Waals surface area contributed by atoms with E-state index in [0.717, 1.165) is 10.7 Å². The highest BCUT2D eigenvalue weighted by Gasteiger charge is 2.26. The van der Waals surface area contributed by atoms with Gasteiger partial charge in [-0.2, -0.15) is 4.98 Å². The maximum atomic E-state index is 5.99. The van der Waals surface area contributed by atoms with E-state index in [0.29, 0.717) is 35.0 Å². The molecule has 0 bridgehead atoms. The van der Waals surface area contributed by atoms with Gasteiger partial charge in [0.25, 0.3) is 0 Å². The average molecular weight is 348 g/mol. The minimum absolute atomic E-state index is 0.563. The second-order valence-electron chi connectivity index (χ2n) is 5.45. The normalized spacial score (nSPS) is 14.3. The van der Waals surface area contributed by atoms with Gasteiger partial charge in [0.05, 0.1) is 5.75 Å². The van der Waals surface area contributed by atoms with Crippen LogP contribution in [0.5, 0.6) is 0 Å². The van der Waals surface area contributed by atoms with Crippen molar-refractivity contribution in [1.29, 1.82) is 0 Å². The molecule has 118 valence electrons. The van der Waals surface area contributed by atoms with Crippen molar-refractivity contribution in [3.63, 3.8) is 0 Å². The summed E-state index contributed by atoms with van der Waals surface area (Å²) in [7, 11) is 0. The lowest BCUT2D eigenvalue weighted by molar-refractivity contribution is 0.385. The first-order valence-electron chi connectivity index (χ1n) is 7.36. The molecule has 0 atom stereocenters. The first-order valence-corrected chi connectivity index (χ1v) is 8.72. The summed E-state index contributed by atoms with van der Waals surface area (Å²) in [4.78, 5) is 4.43. The van der Waals surface area contributed by atoms with Gasteiger partial charge in [0.1, 0.15) is 6.33 Å². The second kappa shape index (κ2) is 6.33. The number of rotatable bonds is 6. The van der Waals surface area contributed by atoms with Crippen LogP contribution in [-0.4, -0.2) is 24.9 Å². The lowest BCUT2D eigenvalue weighted by Gasteiger charge is -2.01. The van der Waals surface area contributed by atoms with E-state index in [2.05, 4.69) is 24.9 Å². The molecule has 0 N–H and O–H groups in total. The molecule has 23 heavy (non-hydrogen) atoms. The van der Waals surface area contributed by atoms with E-state index in [1.54, 1.807) is 18.1 Å². The quantitative estimate of drug-likeness (QED) is 0.635. The van der Waals surface area contributed by atoms with Gasteiger partial charge in [-0.05, 0) is 30.5 Å². The first kappa shape index (κ1) is 14.7. The molecule has 0 radical (unpaired) electrons. The molecule has 1 saturated carbocycles. The largest absolute Gasteiger partial charge is 0.338 e. The zero-order valence-corrected chi connectivity index (χ0v) is 13.8. The second-order valence-corrected chi connectivity index (χ2v) is 6.83. The van der Waals surface area contributed by atoms with Crippen molar-refractivity contribution in [1.82, 2.24) is 24.9 Å². The van der Waals surface area contributed by atoms with E-state index < -0.39 is 0 Å². The third kappa shape index (κ3) is 3.56. The van der Waals surface area contributed by atoms with Crippen LogP contribution in [0.3, 0.4) is 0 Å². The van der Waals surface area contributed by atoms with E-state index in [-0.39, 0.29) is 0 Å². The van der Waals surface area contributed by atoms with Crippen molar-refractivity contribution in [3.8, 4) is 0 Å². The van der Waals surface area contributed by atoms with E-state index in [1.165, 1.54) is 12.8 Å². The van der Waals surface area contributed by atoms with E-state index in [1.807, 2.05) is 24.3 Å². The fraction of sp³-hybridized carbons (Fsp3) is 0.333. The van der Waals surface area contributed by atoms with E-state index in [9.17, 15) is 0 Å². The molecule has 0 aliphatic heterocycles. The summed E-state index contributed by atoms with van der Waals surface area (Å²) < 4.78 is 7.43. The highest BCUT2D eigenvalue weighted by atomic mass is 35.5. The lowest BCUT2D eigenvalue weighted by Crippen LogP contribution is -1.95. The average Bonchev–Trinajstić information content (AvgIpc) is 3.11. The molecule has 0 saturated heterocycles. The van der Waals surface area contributed by atoms with Gasteiger partial charge in [-0.25, -0.2) is 0 Å². The van der Waals surface area contributed by atoms with Gasteiger partial charge >= 0.3 is 0 Å². The highest BCUT2D eigenvalue weighted by molar-refractivity contribution is 7.98. The molecule has 4 rings (SSSR count). The van der Waals surface area contributed by atoms with E-state index >= 15 is 0 Å². The number of halogens is 1. The fourth-order valence-corrected chi connectivity index (χ4v) is 3.35. The maximum absolute atomic E-state index is 5.99. The Morgan fingerprint density at radius 3 is 3.09 bits per heavy atom. The SMILES string of the molecule is Clc1cccc(Cc2noc(CSc3nncn3C3CC3)n2)c1. The fourth-order valence-electron chi connectivity index (χ4n) is 2.31. The van der Waals surface area contributed by atoms with Gasteiger partial charge in [0.15, 0.2) is 11.0 Å². The van der Waals surface area contributed by atoms with Crippen LogP contribution >= 0.6 is 23.4 Å². The summed E-state index contributed by atoms with van der Waals surface area (Å²) in [6, 6.07) is 8.23. The van der Waals surface area contributed by atoms with E-state index in [4.69, 9.17) is 16.1 Å². The predicted molar refractivity (Wildman–Crippen MR) is 86.4 cm³/mol. The zero-order valence-electron chi connectivity index (χ0n) is 12.2. The van der Waals surface area contributed by atoms with Gasteiger partial charge < -0.3 is 9.09 Å². The Balaban J connectivity index is 1.39. The minimum atomic E-state index is 0.563. The molecule has 0 unspecified atom stereocenters. The lowest BCUT2D eigenvalue weighted by atomic mass is 10.1. The minimum Gasteiger partial charge on any atom is -0.338 e. The molecule has 8 heteroatoms. The van der Waals surface area contributed by atoms with Crippen LogP contribution in [0.4, 0.5) is 0 Å². The maximum Gasteiger partial charge on any atom is 0.237 e. The van der Waals surface area contributed by atoms with Crippen LogP contribution in [0.15, 0.2) is 40.3 Å². The molecule has 1 aliphatic rings. The van der Waals surface area contributed by atoms with Crippen molar-refractivity contribution >= 4 is 23.4 Å². The van der Waals surface area contributed by atoms with Crippen LogP contribution in [0.25, 0.3) is 0 Å². The Bertz CT molecular complexity index is 814. The number of thioether (sulfide) groups is 1. The monoisotopic (exact) mass is 347 g/mol. The standard InChI is InChI=1S/C15H14ClN5OS/c16-11-3-1-2-10(6-11)7-13-18-14(22-20-13)8-23-15-19-17-9-21(15)12-4-5-12/h1-3,6,9,12H,4-5,7-8H2. The zero-order chi connectivity index (χ0) is 15.6. The number of hydrogen-bond acceptors (Lipinski definition) is 6. The number of aromatic nitrogens is 5. The summed E-state index contributed by atoms with van der Waals surface area (Å²) in [5.41, 5.74) is 1.06. The van der Waals surface area contributed by atoms with Gasteiger partial charge in [-0.1, -0.05) is 40.7 Å². The van der Waals surface area contributed by atoms with Gasteiger partial charge in [-0.15, -0.1) is 10.2 Å². The van der Waals surface area contributed by atoms with Crippen molar-refractivity contribution in [2.75, 3.05) is 0 Å². The van der Waals surface area contributed by atoms with Gasteiger partial charge in [-0.3, -0.25) is 0 Å². The molecule has 2 aromatic heterocycles. The summed E-state index contributed by atoms with van der Waals surface area (Å²) in [6.45, 7) is 0. The summed E-state index contributed by atoms with van der Waals surface area (Å²) in [5.74, 6) is 1.84. The van der Waals surface area contributed by atoms with Gasteiger partial charge in [0.2, 0.25) is 5.89 Å². The third-order valence-corrected chi connectivity index (χ3v) is 4.74. The molecule has 0 amide bonds. The molecule has 3 aromatic rings. The van der Waals surface area contributed by atoms with Crippen molar-refractivity contribution < 1.29 is 4.52 Å². The molecular weight excluding hydrogens is 334 g/mol. The van der Waals surface area contributed by atoms with Gasteiger partial charge in [0, 0.05) is 17.5 Å². The number of hydrogen-bond donors (Lipinski definition) is 0. The molecule has 1 aliphatic carbocycles. The Morgan fingerprint density at radius 1 is 1.35 bits per heavy atom. The molecule has 0 spiro atoms. The van der Waals surface area contributed by atoms with Crippen LogP contribution < -0.4 is 0 Å². The summed E-state index contributed by atoms with van der Waals surface area (Å²) in [6.07, 6.45) is 4.80. The Morgan fingerprint density at radius 2 is 2.26 bits per heavy atom. The molecular formula is C15H14ClN5OS. The Hall–Kier alpha value is -1.86. The smallest absolute Gasteiger partial charge is 0.237 e. The van der Waals surface area contributed by atoms with Crippen LogP contribution in [0.2, 0.25) is 5.02 Å². The first-order chi connectivity index (χ1) is 11.3. The van der Waals surface area contributed by atoms with Crippen LogP contribution in [-0.2, 0) is 12.2 Å². The Labute approximate surface area is 142 Å². The Kier molecular flexibility index (Phi) is 4.05. The topological polar surface area (TPSA) is 69.6 Å². The molecule has 1 fully saturated rings. The number of benzene rings is 1. The number of nitrogens with zero attached hydrogens (tertiary/aromatic N) is 5. The molecule has 6 nitrogen and oxygen atoms in total. The molecule has 1 aromatic carbocycles. The van der Waals surface area contributed by atoms with Crippen molar-refractivity contribution in [3.05, 3.63) is 52.9 Å². The third-order valence-electron chi connectivity index (χ3n) is 3.57. The predicted octanol–water partition coefficient (Wildman–Crippen LogP) is 3.53. The molecule has 2 heterocycles. The summed E-state index contributed by atoms with van der Waals surface area (Å²) >= 11 is 7.55. The van der Waals surface area contributed by atoms with Crippen LogP contribution in [0.1, 0.15) is 36.2 Å². The van der Waals surface area contributed by atoms with Crippen molar-refractivity contribution in [2.45, 2.75) is 36.2 Å².